The molecular weight excluding hydrogens is 244 g/mol. The minimum absolute atomic E-state index is 0.240. The highest BCUT2D eigenvalue weighted by atomic mass is 16.5. The van der Waals surface area contributed by atoms with Crippen molar-refractivity contribution in [1.29, 1.82) is 0 Å². The van der Waals surface area contributed by atoms with Gasteiger partial charge in [0.1, 0.15) is 11.9 Å². The van der Waals surface area contributed by atoms with E-state index in [1.54, 1.807) is 0 Å². The molecule has 1 aliphatic heterocycles. The number of rotatable bonds is 2. The normalized spacial score (nSPS) is 25.1. The lowest BCUT2D eigenvalue weighted by molar-refractivity contribution is 0.209. The highest BCUT2D eigenvalue weighted by molar-refractivity contribution is 5.42. The van der Waals surface area contributed by atoms with Crippen molar-refractivity contribution in [3.05, 3.63) is 53.1 Å². The maximum atomic E-state index is 6.29. The number of aryl methyl sites for hydroxylation is 1. The minimum Gasteiger partial charge on any atom is -0.485 e. The predicted octanol–water partition coefficient (Wildman–Crippen LogP) is 5.03. The van der Waals surface area contributed by atoms with E-state index in [0.29, 0.717) is 11.8 Å². The van der Waals surface area contributed by atoms with Gasteiger partial charge in [-0.3, -0.25) is 0 Å². The Labute approximate surface area is 122 Å². The standard InChI is InChI=1S/C19H24O/c1-13(2)16-8-7-15-9-10-18(20-19(15)12-16)17-6-4-5-14(3)11-17/h4,6-8,11-14,18H,5,9-10H2,1-3H3. The van der Waals surface area contributed by atoms with Crippen molar-refractivity contribution in [2.75, 3.05) is 0 Å². The van der Waals surface area contributed by atoms with E-state index < -0.39 is 0 Å². The van der Waals surface area contributed by atoms with E-state index in [4.69, 9.17) is 4.74 Å². The zero-order valence-corrected chi connectivity index (χ0v) is 12.7. The molecule has 0 spiro atoms. The van der Waals surface area contributed by atoms with Gasteiger partial charge in [0.2, 0.25) is 0 Å². The summed E-state index contributed by atoms with van der Waals surface area (Å²) in [7, 11) is 0. The van der Waals surface area contributed by atoms with Gasteiger partial charge >= 0.3 is 0 Å². The third kappa shape index (κ3) is 2.67. The third-order valence-electron chi connectivity index (χ3n) is 4.37. The fourth-order valence-electron chi connectivity index (χ4n) is 3.07. The molecule has 0 radical (unpaired) electrons. The Balaban J connectivity index is 1.84. The molecule has 1 heterocycles. The van der Waals surface area contributed by atoms with Crippen molar-refractivity contribution >= 4 is 0 Å². The maximum absolute atomic E-state index is 6.29. The number of hydrogen-bond acceptors (Lipinski definition) is 1. The number of allylic oxidation sites excluding steroid dienone is 2. The van der Waals surface area contributed by atoms with Crippen LogP contribution in [-0.2, 0) is 6.42 Å². The Morgan fingerprint density at radius 2 is 2.10 bits per heavy atom. The average Bonchev–Trinajstić information content (AvgIpc) is 2.46. The van der Waals surface area contributed by atoms with E-state index in [1.807, 2.05) is 0 Å². The predicted molar refractivity (Wildman–Crippen MR) is 84.3 cm³/mol. The minimum atomic E-state index is 0.240. The molecule has 0 aromatic heterocycles. The number of fused-ring (bicyclic) bond motifs is 1. The fraction of sp³-hybridized carbons (Fsp3) is 0.474. The van der Waals surface area contributed by atoms with Crippen molar-refractivity contribution in [2.24, 2.45) is 5.92 Å². The van der Waals surface area contributed by atoms with Crippen LogP contribution in [0.3, 0.4) is 0 Å². The van der Waals surface area contributed by atoms with Crippen molar-refractivity contribution in [3.63, 3.8) is 0 Å². The second-order valence-electron chi connectivity index (χ2n) is 6.45. The Hall–Kier alpha value is -1.50. The van der Waals surface area contributed by atoms with Crippen LogP contribution in [0.4, 0.5) is 0 Å². The molecule has 106 valence electrons. The average molecular weight is 268 g/mol. The number of ether oxygens (including phenoxy) is 1. The first-order valence-corrected chi connectivity index (χ1v) is 7.81. The lowest BCUT2D eigenvalue weighted by Gasteiger charge is -2.29. The monoisotopic (exact) mass is 268 g/mol. The van der Waals surface area contributed by atoms with Gasteiger partial charge in [-0.15, -0.1) is 0 Å². The second-order valence-corrected chi connectivity index (χ2v) is 6.45. The van der Waals surface area contributed by atoms with Crippen molar-refractivity contribution in [2.45, 2.75) is 52.1 Å². The Kier molecular flexibility index (Phi) is 3.69. The quantitative estimate of drug-likeness (QED) is 0.731. The highest BCUT2D eigenvalue weighted by Crippen LogP contribution is 2.34. The van der Waals surface area contributed by atoms with Crippen molar-refractivity contribution in [3.8, 4) is 5.75 Å². The first-order chi connectivity index (χ1) is 9.63. The smallest absolute Gasteiger partial charge is 0.124 e. The lowest BCUT2D eigenvalue weighted by atomic mass is 9.90. The van der Waals surface area contributed by atoms with Gasteiger partial charge in [0.25, 0.3) is 0 Å². The summed E-state index contributed by atoms with van der Waals surface area (Å²) in [5.41, 5.74) is 4.09. The molecule has 1 aliphatic carbocycles. The fourth-order valence-corrected chi connectivity index (χ4v) is 3.07. The van der Waals surface area contributed by atoms with E-state index in [2.05, 4.69) is 57.2 Å². The molecule has 2 unspecified atom stereocenters. The summed E-state index contributed by atoms with van der Waals surface area (Å²) in [5, 5.41) is 0. The van der Waals surface area contributed by atoms with Crippen LogP contribution in [-0.4, -0.2) is 6.10 Å². The molecule has 3 rings (SSSR count). The van der Waals surface area contributed by atoms with Gasteiger partial charge < -0.3 is 4.74 Å². The summed E-state index contributed by atoms with van der Waals surface area (Å²) in [6, 6.07) is 6.73. The van der Waals surface area contributed by atoms with E-state index in [9.17, 15) is 0 Å². The van der Waals surface area contributed by atoms with Crippen LogP contribution >= 0.6 is 0 Å². The summed E-state index contributed by atoms with van der Waals surface area (Å²) in [4.78, 5) is 0. The molecule has 1 aromatic rings. The van der Waals surface area contributed by atoms with Crippen molar-refractivity contribution < 1.29 is 4.74 Å². The van der Waals surface area contributed by atoms with Gasteiger partial charge in [-0.25, -0.2) is 0 Å². The third-order valence-corrected chi connectivity index (χ3v) is 4.37. The Morgan fingerprint density at radius 1 is 1.25 bits per heavy atom. The van der Waals surface area contributed by atoms with E-state index >= 15 is 0 Å². The highest BCUT2D eigenvalue weighted by Gasteiger charge is 2.23. The van der Waals surface area contributed by atoms with Gasteiger partial charge in [0.05, 0.1) is 0 Å². The van der Waals surface area contributed by atoms with Gasteiger partial charge in [-0.1, -0.05) is 51.1 Å². The molecule has 0 bridgehead atoms. The Morgan fingerprint density at radius 3 is 2.85 bits per heavy atom. The first-order valence-electron chi connectivity index (χ1n) is 7.81. The SMILES string of the molecule is CC1C=C(C2CCc3ccc(C(C)C)cc3O2)C=CC1. The van der Waals surface area contributed by atoms with Gasteiger partial charge in [-0.2, -0.15) is 0 Å². The zero-order chi connectivity index (χ0) is 14.1. The molecule has 1 aromatic carbocycles. The molecule has 0 N–H and O–H groups in total. The summed E-state index contributed by atoms with van der Waals surface area (Å²) in [6.45, 7) is 6.74. The summed E-state index contributed by atoms with van der Waals surface area (Å²) in [5.74, 6) is 2.29. The van der Waals surface area contributed by atoms with E-state index in [0.717, 1.165) is 25.0 Å². The first kappa shape index (κ1) is 13.5. The van der Waals surface area contributed by atoms with Gasteiger partial charge in [0.15, 0.2) is 0 Å². The molecule has 2 aliphatic rings. The van der Waals surface area contributed by atoms with Crippen molar-refractivity contribution in [1.82, 2.24) is 0 Å². The molecule has 0 amide bonds. The second kappa shape index (κ2) is 5.47. The van der Waals surface area contributed by atoms with Gasteiger partial charge in [-0.05, 0) is 53.9 Å². The lowest BCUT2D eigenvalue weighted by Crippen LogP contribution is -2.25. The number of hydrogen-bond donors (Lipinski definition) is 0. The van der Waals surface area contributed by atoms with E-state index in [1.165, 1.54) is 16.7 Å². The summed E-state index contributed by atoms with van der Waals surface area (Å²) in [6.07, 6.45) is 10.5. The van der Waals surface area contributed by atoms with Crippen LogP contribution in [0, 0.1) is 5.92 Å². The van der Waals surface area contributed by atoms with Crippen LogP contribution in [0.15, 0.2) is 42.0 Å². The molecule has 0 saturated heterocycles. The van der Waals surface area contributed by atoms with Crippen LogP contribution in [0.2, 0.25) is 0 Å². The molecule has 1 nitrogen and oxygen atoms in total. The molecule has 2 atom stereocenters. The van der Waals surface area contributed by atoms with Crippen LogP contribution < -0.4 is 4.74 Å². The molecule has 0 saturated carbocycles. The summed E-state index contributed by atoms with van der Waals surface area (Å²) >= 11 is 0. The largest absolute Gasteiger partial charge is 0.485 e. The molecule has 20 heavy (non-hydrogen) atoms. The molecular formula is C19H24O. The summed E-state index contributed by atoms with van der Waals surface area (Å²) < 4.78 is 6.29. The maximum Gasteiger partial charge on any atom is 0.124 e. The van der Waals surface area contributed by atoms with Crippen LogP contribution in [0.25, 0.3) is 0 Å². The topological polar surface area (TPSA) is 9.23 Å². The van der Waals surface area contributed by atoms with E-state index in [-0.39, 0.29) is 6.10 Å². The van der Waals surface area contributed by atoms with Crippen LogP contribution in [0.1, 0.15) is 50.7 Å². The molecule has 1 heteroatoms. The van der Waals surface area contributed by atoms with Crippen LogP contribution in [0.5, 0.6) is 5.75 Å². The Bertz CT molecular complexity index is 551. The van der Waals surface area contributed by atoms with Gasteiger partial charge in [0, 0.05) is 0 Å². The zero-order valence-electron chi connectivity index (χ0n) is 12.7. The molecule has 0 fully saturated rings. The number of benzene rings is 1.